The summed E-state index contributed by atoms with van der Waals surface area (Å²) in [4.78, 5) is 11.1. The van der Waals surface area contributed by atoms with Crippen LogP contribution in [0.1, 0.15) is 6.92 Å². The van der Waals surface area contributed by atoms with E-state index in [1.54, 1.807) is 23.6 Å². The first-order valence-electron chi connectivity index (χ1n) is 4.75. The van der Waals surface area contributed by atoms with E-state index >= 15 is 0 Å². The average Bonchev–Trinajstić information content (AvgIpc) is 2.74. The van der Waals surface area contributed by atoms with Crippen LogP contribution in [0.25, 0.3) is 5.65 Å². The smallest absolute Gasteiger partial charge is 0.316 e. The molecule has 0 radical (unpaired) electrons. The van der Waals surface area contributed by atoms with Crippen molar-refractivity contribution in [3.05, 3.63) is 18.5 Å². The van der Waals surface area contributed by atoms with Gasteiger partial charge in [0.1, 0.15) is 11.4 Å². The molecule has 2 rings (SSSR count). The van der Waals surface area contributed by atoms with Crippen molar-refractivity contribution in [2.75, 3.05) is 12.4 Å². The van der Waals surface area contributed by atoms with Gasteiger partial charge in [-0.05, 0) is 19.1 Å². The van der Waals surface area contributed by atoms with Crippen molar-refractivity contribution in [2.24, 2.45) is 0 Å². The zero-order chi connectivity index (χ0) is 11.4. The highest BCUT2D eigenvalue weighted by Gasteiger charge is 2.05. The number of aromatic nitrogens is 4. The average molecular weight is 238 g/mol. The lowest BCUT2D eigenvalue weighted by Crippen LogP contribution is -2.07. The number of carbonyl (C=O) groups excluding carboxylic acids is 1. The van der Waals surface area contributed by atoms with E-state index in [-0.39, 0.29) is 11.7 Å². The van der Waals surface area contributed by atoms with Crippen molar-refractivity contribution >= 4 is 23.4 Å². The highest BCUT2D eigenvalue weighted by Crippen LogP contribution is 2.14. The predicted molar refractivity (Wildman–Crippen MR) is 58.1 cm³/mol. The van der Waals surface area contributed by atoms with E-state index < -0.39 is 0 Å². The van der Waals surface area contributed by atoms with Gasteiger partial charge in [0.05, 0.1) is 12.4 Å². The third-order valence-corrected chi connectivity index (χ3v) is 2.67. The fraction of sp³-hybridized carbons (Fsp3) is 0.333. The number of hydrogen-bond acceptors (Lipinski definition) is 6. The molecule has 0 N–H and O–H groups in total. The van der Waals surface area contributed by atoms with Crippen molar-refractivity contribution in [2.45, 2.75) is 11.9 Å². The molecule has 16 heavy (non-hydrogen) atoms. The summed E-state index contributed by atoms with van der Waals surface area (Å²) < 4.78 is 6.38. The maximum atomic E-state index is 11.1. The Morgan fingerprint density at radius 3 is 3.25 bits per heavy atom. The van der Waals surface area contributed by atoms with E-state index in [1.807, 2.05) is 0 Å². The van der Waals surface area contributed by atoms with Gasteiger partial charge in [-0.1, -0.05) is 11.8 Å². The molecule has 7 heteroatoms. The summed E-state index contributed by atoms with van der Waals surface area (Å²) >= 11 is 1.32. The van der Waals surface area contributed by atoms with E-state index in [1.165, 1.54) is 18.1 Å². The van der Waals surface area contributed by atoms with Crippen LogP contribution in [0.5, 0.6) is 0 Å². The molecule has 0 atom stereocenters. The molecule has 0 aliphatic heterocycles. The van der Waals surface area contributed by atoms with Gasteiger partial charge in [-0.3, -0.25) is 4.79 Å². The molecule has 0 spiro atoms. The fourth-order valence-electron chi connectivity index (χ4n) is 1.12. The number of thioether (sulfide) groups is 1. The van der Waals surface area contributed by atoms with Gasteiger partial charge in [0.2, 0.25) is 0 Å². The first-order valence-corrected chi connectivity index (χ1v) is 5.73. The van der Waals surface area contributed by atoms with Gasteiger partial charge >= 0.3 is 5.97 Å². The Bertz CT molecular complexity index is 499. The van der Waals surface area contributed by atoms with E-state index in [2.05, 4.69) is 15.3 Å². The van der Waals surface area contributed by atoms with Crippen molar-refractivity contribution < 1.29 is 9.53 Å². The molecule has 2 aromatic heterocycles. The third kappa shape index (κ3) is 2.48. The topological polar surface area (TPSA) is 69.4 Å². The van der Waals surface area contributed by atoms with Crippen LogP contribution in [0.3, 0.4) is 0 Å². The molecule has 0 unspecified atom stereocenters. The van der Waals surface area contributed by atoms with Gasteiger partial charge < -0.3 is 4.74 Å². The van der Waals surface area contributed by atoms with E-state index in [4.69, 9.17) is 4.74 Å². The van der Waals surface area contributed by atoms with Crippen molar-refractivity contribution in [3.63, 3.8) is 0 Å². The van der Waals surface area contributed by atoms with Gasteiger partial charge in [0, 0.05) is 0 Å². The minimum atomic E-state index is -0.238. The first-order chi connectivity index (χ1) is 7.79. The van der Waals surface area contributed by atoms with Crippen molar-refractivity contribution in [1.82, 2.24) is 19.8 Å². The van der Waals surface area contributed by atoms with Crippen LogP contribution in [-0.2, 0) is 9.53 Å². The molecular formula is C9H10N4O2S. The predicted octanol–water partition coefficient (Wildman–Crippen LogP) is 0.779. The van der Waals surface area contributed by atoms with Gasteiger partial charge in [-0.2, -0.15) is 9.61 Å². The van der Waals surface area contributed by atoms with Crippen LogP contribution in [-0.4, -0.2) is 38.1 Å². The number of esters is 1. The molecular weight excluding hydrogens is 228 g/mol. The van der Waals surface area contributed by atoms with Crippen LogP contribution < -0.4 is 0 Å². The Morgan fingerprint density at radius 1 is 1.56 bits per heavy atom. The standard InChI is InChI=1S/C9H10N4O2S/c1-2-15-9(14)5-16-8-4-3-7-11-10-6-13(7)12-8/h3-4,6H,2,5H2,1H3. The molecule has 0 fully saturated rings. The molecule has 6 nitrogen and oxygen atoms in total. The summed E-state index contributed by atoms with van der Waals surface area (Å²) in [5, 5.41) is 12.5. The normalized spacial score (nSPS) is 10.6. The molecule has 0 saturated carbocycles. The summed E-state index contributed by atoms with van der Waals surface area (Å²) in [6, 6.07) is 3.60. The Balaban J connectivity index is 2.01. The number of ether oxygens (including phenoxy) is 1. The van der Waals surface area contributed by atoms with Crippen LogP contribution in [0.2, 0.25) is 0 Å². The maximum Gasteiger partial charge on any atom is 0.316 e. The molecule has 0 aromatic carbocycles. The van der Waals surface area contributed by atoms with Gasteiger partial charge in [0.25, 0.3) is 0 Å². The van der Waals surface area contributed by atoms with E-state index in [0.717, 1.165) is 5.03 Å². The molecule has 84 valence electrons. The lowest BCUT2D eigenvalue weighted by Gasteiger charge is -2.01. The maximum absolute atomic E-state index is 11.1. The SMILES string of the molecule is CCOC(=O)CSc1ccc2nncn2n1. The molecule has 2 aromatic rings. The van der Waals surface area contributed by atoms with E-state index in [0.29, 0.717) is 12.3 Å². The van der Waals surface area contributed by atoms with Crippen LogP contribution in [0.4, 0.5) is 0 Å². The third-order valence-electron chi connectivity index (χ3n) is 1.78. The lowest BCUT2D eigenvalue weighted by molar-refractivity contribution is -0.139. The second kappa shape index (κ2) is 4.93. The van der Waals surface area contributed by atoms with Gasteiger partial charge in [-0.15, -0.1) is 10.2 Å². The van der Waals surface area contributed by atoms with Crippen molar-refractivity contribution in [3.8, 4) is 0 Å². The first kappa shape index (κ1) is 10.9. The molecule has 0 saturated heterocycles. The highest BCUT2D eigenvalue weighted by atomic mass is 32.2. The fourth-order valence-corrected chi connectivity index (χ4v) is 1.78. The number of carbonyl (C=O) groups is 1. The number of rotatable bonds is 4. The molecule has 0 bridgehead atoms. The summed E-state index contributed by atoms with van der Waals surface area (Å²) in [7, 11) is 0. The van der Waals surface area contributed by atoms with Crippen LogP contribution in [0.15, 0.2) is 23.5 Å². The minimum Gasteiger partial charge on any atom is -0.465 e. The van der Waals surface area contributed by atoms with Crippen LogP contribution >= 0.6 is 11.8 Å². The molecule has 0 amide bonds. The second-order valence-corrected chi connectivity index (χ2v) is 3.89. The monoisotopic (exact) mass is 238 g/mol. The Labute approximate surface area is 96.0 Å². The Hall–Kier alpha value is -1.63. The van der Waals surface area contributed by atoms with Crippen molar-refractivity contribution in [1.29, 1.82) is 0 Å². The second-order valence-electron chi connectivity index (χ2n) is 2.90. The van der Waals surface area contributed by atoms with E-state index in [9.17, 15) is 4.79 Å². The summed E-state index contributed by atoms with van der Waals surface area (Å²) in [6.45, 7) is 2.18. The largest absolute Gasteiger partial charge is 0.465 e. The molecule has 0 aliphatic carbocycles. The Morgan fingerprint density at radius 2 is 2.44 bits per heavy atom. The zero-order valence-electron chi connectivity index (χ0n) is 8.66. The summed E-state index contributed by atoms with van der Waals surface area (Å²) in [5.41, 5.74) is 0.681. The molecule has 2 heterocycles. The minimum absolute atomic E-state index is 0.238. The quantitative estimate of drug-likeness (QED) is 0.579. The highest BCUT2D eigenvalue weighted by molar-refractivity contribution is 7.99. The summed E-state index contributed by atoms with van der Waals surface area (Å²) in [5.74, 6) is 0.0206. The number of fused-ring (bicyclic) bond motifs is 1. The zero-order valence-corrected chi connectivity index (χ0v) is 9.48. The number of nitrogens with zero attached hydrogens (tertiary/aromatic N) is 4. The molecule has 0 aliphatic rings. The summed E-state index contributed by atoms with van der Waals surface area (Å²) in [6.07, 6.45) is 1.52. The van der Waals surface area contributed by atoms with Gasteiger partial charge in [0.15, 0.2) is 5.65 Å². The number of hydrogen-bond donors (Lipinski definition) is 0. The van der Waals surface area contributed by atoms with Crippen LogP contribution in [0, 0.1) is 0 Å². The lowest BCUT2D eigenvalue weighted by atomic mass is 10.6. The van der Waals surface area contributed by atoms with Gasteiger partial charge in [-0.25, -0.2) is 0 Å². The Kier molecular flexibility index (Phi) is 3.35.